The van der Waals surface area contributed by atoms with Crippen LogP contribution in [0.2, 0.25) is 0 Å². The number of amides is 1. The molecule has 1 amide bonds. The van der Waals surface area contributed by atoms with E-state index >= 15 is 0 Å². The number of hydrogen-bond acceptors (Lipinski definition) is 5. The first-order valence-electron chi connectivity index (χ1n) is 7.16. The number of thiazole rings is 1. The monoisotopic (exact) mass is 320 g/mol. The molecule has 2 aromatic rings. The molecule has 0 aliphatic rings. The summed E-state index contributed by atoms with van der Waals surface area (Å²) in [6, 6.07) is -0.157. The molecule has 0 saturated heterocycles. The van der Waals surface area contributed by atoms with Crippen LogP contribution >= 0.6 is 11.3 Å². The molecular weight excluding hydrogens is 300 g/mol. The Balaban J connectivity index is 2.17. The molecule has 2 rings (SSSR count). The lowest BCUT2D eigenvalue weighted by Gasteiger charge is -2.14. The van der Waals surface area contributed by atoms with Crippen molar-refractivity contribution in [3.8, 4) is 0 Å². The first kappa shape index (κ1) is 16.4. The number of aromatic nitrogens is 3. The first-order valence-corrected chi connectivity index (χ1v) is 7.98. The minimum Gasteiger partial charge on any atom is -0.345 e. The molecule has 1 atom stereocenters. The fourth-order valence-corrected chi connectivity index (χ4v) is 3.24. The third-order valence-corrected chi connectivity index (χ3v) is 4.65. The summed E-state index contributed by atoms with van der Waals surface area (Å²) in [5.74, 6) is -0.353. The zero-order valence-corrected chi connectivity index (χ0v) is 14.2. The average Bonchev–Trinajstić information content (AvgIpc) is 3.03. The van der Waals surface area contributed by atoms with Crippen LogP contribution in [0.1, 0.15) is 63.2 Å². The Labute approximate surface area is 133 Å². The van der Waals surface area contributed by atoms with Crippen molar-refractivity contribution >= 4 is 23.0 Å². The van der Waals surface area contributed by atoms with Crippen LogP contribution in [0.25, 0.3) is 0 Å². The highest BCUT2D eigenvalue weighted by Crippen LogP contribution is 2.22. The van der Waals surface area contributed by atoms with Crippen molar-refractivity contribution in [1.29, 1.82) is 0 Å². The van der Waals surface area contributed by atoms with Crippen LogP contribution in [-0.2, 0) is 6.54 Å². The van der Waals surface area contributed by atoms with E-state index in [1.54, 1.807) is 0 Å². The fourth-order valence-electron chi connectivity index (χ4n) is 2.53. The van der Waals surface area contributed by atoms with E-state index in [0.717, 1.165) is 34.8 Å². The second-order valence-corrected chi connectivity index (χ2v) is 6.21. The average molecular weight is 320 g/mol. The molecule has 0 aromatic carbocycles. The van der Waals surface area contributed by atoms with Crippen LogP contribution in [0.5, 0.6) is 0 Å². The summed E-state index contributed by atoms with van der Waals surface area (Å²) in [6.45, 7) is 10.1. The van der Waals surface area contributed by atoms with Crippen LogP contribution in [0, 0.1) is 13.8 Å². The van der Waals surface area contributed by atoms with Gasteiger partial charge in [-0.15, -0.1) is 11.3 Å². The van der Waals surface area contributed by atoms with Gasteiger partial charge in [0.1, 0.15) is 4.88 Å². The molecule has 2 heterocycles. The Morgan fingerprint density at radius 2 is 2.09 bits per heavy atom. The molecule has 7 heteroatoms. The van der Waals surface area contributed by atoms with Gasteiger partial charge in [0.2, 0.25) is 0 Å². The van der Waals surface area contributed by atoms with Crippen molar-refractivity contribution in [3.05, 3.63) is 33.0 Å². The number of rotatable bonds is 5. The number of nitrogens with zero attached hydrogens (tertiary/aromatic N) is 3. The Kier molecular flexibility index (Phi) is 4.75. The van der Waals surface area contributed by atoms with E-state index in [1.165, 1.54) is 13.1 Å². The molecule has 1 N–H and O–H groups in total. The minimum atomic E-state index is -0.222. The number of ketones is 1. The fraction of sp³-hybridized carbons (Fsp3) is 0.467. The van der Waals surface area contributed by atoms with Gasteiger partial charge in [-0.1, -0.05) is 0 Å². The predicted octanol–water partition coefficient (Wildman–Crippen LogP) is 2.67. The van der Waals surface area contributed by atoms with Gasteiger partial charge in [-0.05, 0) is 27.7 Å². The molecule has 2 aromatic heterocycles. The second-order valence-electron chi connectivity index (χ2n) is 5.18. The maximum absolute atomic E-state index is 12.3. The lowest BCUT2D eigenvalue weighted by atomic mass is 10.1. The van der Waals surface area contributed by atoms with Crippen LogP contribution in [0.4, 0.5) is 0 Å². The second kappa shape index (κ2) is 6.39. The Morgan fingerprint density at radius 3 is 2.59 bits per heavy atom. The lowest BCUT2D eigenvalue weighted by Crippen LogP contribution is -2.26. The third kappa shape index (κ3) is 3.09. The van der Waals surface area contributed by atoms with Crippen molar-refractivity contribution in [2.45, 2.75) is 47.2 Å². The van der Waals surface area contributed by atoms with Gasteiger partial charge in [0.25, 0.3) is 5.91 Å². The van der Waals surface area contributed by atoms with E-state index in [0.29, 0.717) is 9.88 Å². The Hall–Kier alpha value is -2.02. The minimum absolute atomic E-state index is 0.131. The van der Waals surface area contributed by atoms with Crippen LogP contribution in [-0.4, -0.2) is 26.5 Å². The molecule has 0 radical (unpaired) electrons. The van der Waals surface area contributed by atoms with Gasteiger partial charge in [0, 0.05) is 24.7 Å². The molecule has 118 valence electrons. The Morgan fingerprint density at radius 1 is 1.41 bits per heavy atom. The van der Waals surface area contributed by atoms with Gasteiger partial charge < -0.3 is 5.32 Å². The summed E-state index contributed by atoms with van der Waals surface area (Å²) < 4.78 is 1.92. The highest BCUT2D eigenvalue weighted by molar-refractivity contribution is 7.15. The van der Waals surface area contributed by atoms with E-state index in [-0.39, 0.29) is 17.7 Å². The third-order valence-electron chi connectivity index (χ3n) is 3.55. The Bertz CT molecular complexity index is 717. The van der Waals surface area contributed by atoms with Crippen molar-refractivity contribution in [2.24, 2.45) is 0 Å². The van der Waals surface area contributed by atoms with Gasteiger partial charge >= 0.3 is 0 Å². The van der Waals surface area contributed by atoms with E-state index in [4.69, 9.17) is 0 Å². The summed E-state index contributed by atoms with van der Waals surface area (Å²) in [5.41, 5.74) is 3.01. The van der Waals surface area contributed by atoms with E-state index in [1.807, 2.05) is 32.4 Å². The largest absolute Gasteiger partial charge is 0.345 e. The molecule has 6 nitrogen and oxygen atoms in total. The smallest absolute Gasteiger partial charge is 0.263 e. The van der Waals surface area contributed by atoms with Crippen molar-refractivity contribution in [1.82, 2.24) is 20.1 Å². The molecule has 1 unspecified atom stereocenters. The molecule has 0 aliphatic carbocycles. The van der Waals surface area contributed by atoms with Crippen molar-refractivity contribution in [3.63, 3.8) is 0 Å². The molecule has 0 spiro atoms. The standard InChI is InChI=1S/C15H20N4O2S/c1-6-19-10(4)13(9(3)18-19)8(2)17-14(21)12-7-16-15(22-12)11(5)20/h7-8H,6H2,1-5H3,(H,17,21). The quantitative estimate of drug-likeness (QED) is 0.859. The van der Waals surface area contributed by atoms with E-state index < -0.39 is 0 Å². The maximum Gasteiger partial charge on any atom is 0.263 e. The molecule has 0 aliphatic heterocycles. The SMILES string of the molecule is CCn1nc(C)c(C(C)NC(=O)c2cnc(C(C)=O)s2)c1C. The topological polar surface area (TPSA) is 76.9 Å². The first-order chi connectivity index (χ1) is 10.3. The summed E-state index contributed by atoms with van der Waals surface area (Å²) in [5, 5.41) is 7.77. The van der Waals surface area contributed by atoms with Gasteiger partial charge in [-0.2, -0.15) is 5.10 Å². The van der Waals surface area contributed by atoms with Gasteiger partial charge in [0.15, 0.2) is 10.8 Å². The predicted molar refractivity (Wildman–Crippen MR) is 85.4 cm³/mol. The molecule has 0 saturated carbocycles. The maximum atomic E-state index is 12.3. The molecule has 22 heavy (non-hydrogen) atoms. The van der Waals surface area contributed by atoms with Crippen LogP contribution in [0.15, 0.2) is 6.20 Å². The summed E-state index contributed by atoms with van der Waals surface area (Å²) in [6.07, 6.45) is 1.44. The normalized spacial score (nSPS) is 12.2. The number of carbonyl (C=O) groups excluding carboxylic acids is 2. The zero-order valence-electron chi connectivity index (χ0n) is 13.4. The van der Waals surface area contributed by atoms with Crippen molar-refractivity contribution < 1.29 is 9.59 Å². The van der Waals surface area contributed by atoms with Crippen LogP contribution < -0.4 is 5.32 Å². The lowest BCUT2D eigenvalue weighted by molar-refractivity contribution is 0.0942. The number of aryl methyl sites for hydroxylation is 2. The summed E-state index contributed by atoms with van der Waals surface area (Å²) in [4.78, 5) is 27.9. The van der Waals surface area contributed by atoms with E-state index in [9.17, 15) is 9.59 Å². The number of hydrogen-bond donors (Lipinski definition) is 1. The summed E-state index contributed by atoms with van der Waals surface area (Å²) >= 11 is 1.11. The molecule has 0 bridgehead atoms. The highest BCUT2D eigenvalue weighted by atomic mass is 32.1. The highest BCUT2D eigenvalue weighted by Gasteiger charge is 2.20. The van der Waals surface area contributed by atoms with Gasteiger partial charge in [-0.3, -0.25) is 14.3 Å². The molecule has 0 fully saturated rings. The van der Waals surface area contributed by atoms with E-state index in [2.05, 4.69) is 15.4 Å². The van der Waals surface area contributed by atoms with Crippen LogP contribution in [0.3, 0.4) is 0 Å². The van der Waals surface area contributed by atoms with Crippen molar-refractivity contribution in [2.75, 3.05) is 0 Å². The number of Topliss-reactive ketones (excluding diaryl/α,β-unsaturated/α-hetero) is 1. The van der Waals surface area contributed by atoms with Gasteiger partial charge in [0.05, 0.1) is 17.9 Å². The number of nitrogens with one attached hydrogen (secondary N) is 1. The van der Waals surface area contributed by atoms with Gasteiger partial charge in [-0.25, -0.2) is 4.98 Å². The summed E-state index contributed by atoms with van der Waals surface area (Å²) in [7, 11) is 0. The zero-order chi connectivity index (χ0) is 16.4. The molecular formula is C15H20N4O2S. The number of carbonyl (C=O) groups is 2.